The fraction of sp³-hybridized carbons (Fsp3) is 0. The number of halogens is 1. The molecule has 124 valence electrons. The van der Waals surface area contributed by atoms with Crippen LogP contribution >= 0.6 is 11.6 Å². The van der Waals surface area contributed by atoms with Gasteiger partial charge in [-0.2, -0.15) is 5.10 Å². The zero-order chi connectivity index (χ0) is 17.4. The number of rotatable bonds is 3. The number of nitrogens with two attached hydrogens (primary N) is 2. The average molecular weight is 351 g/mol. The highest BCUT2D eigenvalue weighted by Crippen LogP contribution is 2.26. The Balaban J connectivity index is 1.89. The number of hydrogen-bond acceptors (Lipinski definition) is 4. The van der Waals surface area contributed by atoms with Crippen LogP contribution in [0.3, 0.4) is 0 Å². The molecule has 0 unspecified atom stereocenters. The molecule has 0 aliphatic heterocycles. The summed E-state index contributed by atoms with van der Waals surface area (Å²) in [6.07, 6.45) is 1.99. The van der Waals surface area contributed by atoms with Crippen molar-refractivity contribution >= 4 is 45.5 Å². The summed E-state index contributed by atoms with van der Waals surface area (Å²) >= 11 is 5.95. The quantitative estimate of drug-likeness (QED) is 0.228. The van der Waals surface area contributed by atoms with E-state index in [1.807, 2.05) is 60.8 Å². The van der Waals surface area contributed by atoms with E-state index in [0.717, 1.165) is 33.6 Å². The van der Waals surface area contributed by atoms with Gasteiger partial charge in [0.15, 0.2) is 5.82 Å². The first-order valence-electron chi connectivity index (χ1n) is 7.63. The minimum absolute atomic E-state index is 0.267. The maximum absolute atomic E-state index is 5.95. The highest BCUT2D eigenvalue weighted by atomic mass is 35.5. The number of amidine groups is 1. The van der Waals surface area contributed by atoms with E-state index in [1.54, 1.807) is 0 Å². The van der Waals surface area contributed by atoms with Crippen molar-refractivity contribution in [1.82, 2.24) is 9.38 Å². The highest BCUT2D eigenvalue weighted by Gasteiger charge is 2.10. The predicted molar refractivity (Wildman–Crippen MR) is 102 cm³/mol. The van der Waals surface area contributed by atoms with Crippen molar-refractivity contribution in [1.29, 1.82) is 0 Å². The number of anilines is 2. The molecule has 7 heteroatoms. The van der Waals surface area contributed by atoms with Crippen LogP contribution in [0, 0.1) is 0 Å². The summed E-state index contributed by atoms with van der Waals surface area (Å²) in [6, 6.07) is 17.2. The van der Waals surface area contributed by atoms with Crippen molar-refractivity contribution in [3.8, 4) is 0 Å². The Hall–Kier alpha value is -3.25. The summed E-state index contributed by atoms with van der Waals surface area (Å²) in [5.74, 6) is 6.28. The Kier molecular flexibility index (Phi) is 3.66. The van der Waals surface area contributed by atoms with Gasteiger partial charge in [-0.1, -0.05) is 11.6 Å². The molecule has 25 heavy (non-hydrogen) atoms. The van der Waals surface area contributed by atoms with E-state index in [0.29, 0.717) is 5.02 Å². The second-order valence-electron chi connectivity index (χ2n) is 5.57. The normalized spacial score (nSPS) is 12.0. The van der Waals surface area contributed by atoms with Crippen LogP contribution in [0.5, 0.6) is 0 Å². The van der Waals surface area contributed by atoms with E-state index in [1.165, 1.54) is 0 Å². The van der Waals surface area contributed by atoms with Gasteiger partial charge in [0.25, 0.3) is 0 Å². The Labute approximate surface area is 148 Å². The predicted octanol–water partition coefficient (Wildman–Crippen LogP) is 3.46. The van der Waals surface area contributed by atoms with Gasteiger partial charge in [-0.25, -0.2) is 4.98 Å². The van der Waals surface area contributed by atoms with E-state index in [4.69, 9.17) is 28.2 Å². The minimum atomic E-state index is 0.267. The average Bonchev–Trinajstić information content (AvgIpc) is 3.13. The third kappa shape index (κ3) is 2.72. The van der Waals surface area contributed by atoms with Gasteiger partial charge in [-0.15, -0.1) is 0 Å². The van der Waals surface area contributed by atoms with Gasteiger partial charge in [0, 0.05) is 22.5 Å². The van der Waals surface area contributed by atoms with Gasteiger partial charge >= 0.3 is 0 Å². The van der Waals surface area contributed by atoms with E-state index in [-0.39, 0.29) is 5.84 Å². The summed E-state index contributed by atoms with van der Waals surface area (Å²) < 4.78 is 2.07. The molecule has 2 aromatic carbocycles. The molecule has 0 saturated heterocycles. The molecule has 0 bridgehead atoms. The van der Waals surface area contributed by atoms with Gasteiger partial charge < -0.3 is 21.3 Å². The largest absolute Gasteiger partial charge is 0.382 e. The van der Waals surface area contributed by atoms with Crippen LogP contribution in [0.25, 0.3) is 16.6 Å². The molecule has 0 amide bonds. The molecule has 2 heterocycles. The Bertz CT molecular complexity index is 1100. The number of benzene rings is 2. The number of nitrogens with zero attached hydrogens (tertiary/aromatic N) is 3. The van der Waals surface area contributed by atoms with Crippen molar-refractivity contribution in [2.45, 2.75) is 0 Å². The molecule has 4 aromatic rings. The minimum Gasteiger partial charge on any atom is -0.382 e. The number of hydrazone groups is 1. The highest BCUT2D eigenvalue weighted by molar-refractivity contribution is 6.30. The van der Waals surface area contributed by atoms with Crippen LogP contribution in [-0.2, 0) is 0 Å². The van der Waals surface area contributed by atoms with Gasteiger partial charge in [0.2, 0.25) is 0 Å². The van der Waals surface area contributed by atoms with Gasteiger partial charge in [0.05, 0.1) is 16.6 Å². The Morgan fingerprint density at radius 1 is 1.08 bits per heavy atom. The molecule has 2 aromatic heterocycles. The summed E-state index contributed by atoms with van der Waals surface area (Å²) in [7, 11) is 0. The Morgan fingerprint density at radius 3 is 2.64 bits per heavy atom. The monoisotopic (exact) mass is 350 g/mol. The van der Waals surface area contributed by atoms with Crippen molar-refractivity contribution in [2.24, 2.45) is 16.7 Å². The van der Waals surface area contributed by atoms with E-state index < -0.39 is 0 Å². The molecule has 0 saturated carbocycles. The molecule has 6 nitrogen and oxygen atoms in total. The molecule has 0 aliphatic rings. The maximum Gasteiger partial charge on any atom is 0.155 e. The smallest absolute Gasteiger partial charge is 0.155 e. The van der Waals surface area contributed by atoms with E-state index in [2.05, 4.69) is 14.8 Å². The lowest BCUT2D eigenvalue weighted by Gasteiger charge is -2.11. The summed E-state index contributed by atoms with van der Waals surface area (Å²) in [6.45, 7) is 0. The first-order chi connectivity index (χ1) is 12.2. The standard InChI is InChI=1S/C18H15ClN6/c19-12-4-6-13(7-5-12)22-18-16-2-1-9-25(16)15-8-3-11(17(20)24-21)10-14(15)23-18/h1-10H,21H2,(H2,20,24)(H,22,23). The molecule has 5 N–H and O–H groups in total. The van der Waals surface area contributed by atoms with E-state index in [9.17, 15) is 0 Å². The van der Waals surface area contributed by atoms with Crippen molar-refractivity contribution in [2.75, 3.05) is 5.32 Å². The fourth-order valence-electron chi connectivity index (χ4n) is 2.77. The van der Waals surface area contributed by atoms with E-state index >= 15 is 0 Å². The molecule has 0 fully saturated rings. The van der Waals surface area contributed by atoms with Crippen molar-refractivity contribution in [3.05, 3.63) is 71.4 Å². The molecule has 0 aliphatic carbocycles. The maximum atomic E-state index is 5.95. The van der Waals surface area contributed by atoms with Crippen molar-refractivity contribution in [3.63, 3.8) is 0 Å². The number of nitrogens with one attached hydrogen (secondary N) is 1. The molecular formula is C18H15ClN6. The zero-order valence-electron chi connectivity index (χ0n) is 13.1. The lowest BCUT2D eigenvalue weighted by atomic mass is 10.1. The van der Waals surface area contributed by atoms with Crippen molar-refractivity contribution < 1.29 is 0 Å². The van der Waals surface area contributed by atoms with Gasteiger partial charge in [-0.05, 0) is 54.6 Å². The Morgan fingerprint density at radius 2 is 1.88 bits per heavy atom. The summed E-state index contributed by atoms with van der Waals surface area (Å²) in [4.78, 5) is 4.75. The van der Waals surface area contributed by atoms with Crippen LogP contribution in [-0.4, -0.2) is 15.2 Å². The number of hydrogen-bond donors (Lipinski definition) is 3. The molecule has 0 spiro atoms. The third-order valence-electron chi connectivity index (χ3n) is 4.00. The van der Waals surface area contributed by atoms with Crippen LogP contribution in [0.1, 0.15) is 5.56 Å². The van der Waals surface area contributed by atoms with Gasteiger partial charge in [0.1, 0.15) is 5.84 Å². The van der Waals surface area contributed by atoms with Crippen LogP contribution in [0.15, 0.2) is 65.9 Å². The molecule has 0 atom stereocenters. The first kappa shape index (κ1) is 15.3. The second kappa shape index (κ2) is 5.99. The van der Waals surface area contributed by atoms with Crippen LogP contribution in [0.4, 0.5) is 11.5 Å². The topological polar surface area (TPSA) is 93.7 Å². The summed E-state index contributed by atoms with van der Waals surface area (Å²) in [5, 5.41) is 7.57. The zero-order valence-corrected chi connectivity index (χ0v) is 13.9. The van der Waals surface area contributed by atoms with Gasteiger partial charge in [-0.3, -0.25) is 0 Å². The molecular weight excluding hydrogens is 336 g/mol. The lowest BCUT2D eigenvalue weighted by Crippen LogP contribution is -2.15. The molecule has 0 radical (unpaired) electrons. The fourth-order valence-corrected chi connectivity index (χ4v) is 2.90. The third-order valence-corrected chi connectivity index (χ3v) is 4.25. The number of aromatic nitrogens is 2. The first-order valence-corrected chi connectivity index (χ1v) is 8.00. The summed E-state index contributed by atoms with van der Waals surface area (Å²) in [5.41, 5.74) is 10.2. The number of fused-ring (bicyclic) bond motifs is 3. The SMILES string of the molecule is N/N=C(\N)c1ccc2c(c1)nc(Nc1ccc(Cl)cc1)c1cccn12. The van der Waals surface area contributed by atoms with Crippen LogP contribution in [0.2, 0.25) is 5.02 Å². The second-order valence-corrected chi connectivity index (χ2v) is 6.01. The lowest BCUT2D eigenvalue weighted by molar-refractivity contribution is 1.21. The van der Waals surface area contributed by atoms with Crippen LogP contribution < -0.4 is 16.9 Å². The molecule has 4 rings (SSSR count).